The van der Waals surface area contributed by atoms with Gasteiger partial charge in [-0.3, -0.25) is 37.8 Å². The van der Waals surface area contributed by atoms with Gasteiger partial charge in [0.05, 0.1) is 19.6 Å². The summed E-state index contributed by atoms with van der Waals surface area (Å²) in [5, 5.41) is 8.87. The van der Waals surface area contributed by atoms with E-state index >= 15 is 0 Å². The second kappa shape index (κ2) is 42.8. The molecule has 1 heterocycles. The first-order valence-electron chi connectivity index (χ1n) is 30.0. The predicted molar refractivity (Wildman–Crippen MR) is 306 cm³/mol. The molecule has 0 saturated heterocycles. The lowest BCUT2D eigenvalue weighted by Gasteiger charge is -2.24. The number of benzene rings is 1. The average molecular weight is 1100 g/mol. The number of ketones is 1. The zero-order valence-electron chi connectivity index (χ0n) is 48.5. The Morgan fingerprint density at radius 3 is 1.70 bits per heavy atom. The number of hydrogen-bond acceptors (Lipinski definition) is 11. The van der Waals surface area contributed by atoms with Gasteiger partial charge >= 0.3 is 19.8 Å². The van der Waals surface area contributed by atoms with Crippen molar-refractivity contribution in [3.63, 3.8) is 0 Å². The Morgan fingerprint density at radius 1 is 0.662 bits per heavy atom. The fourth-order valence-electron chi connectivity index (χ4n) is 9.38. The molecule has 440 valence electrons. The van der Waals surface area contributed by atoms with Crippen molar-refractivity contribution in [1.82, 2.24) is 20.9 Å². The molecular weight excluding hydrogens is 1000 g/mol. The van der Waals surface area contributed by atoms with Gasteiger partial charge in [0.15, 0.2) is 5.78 Å². The lowest BCUT2D eigenvalue weighted by molar-refractivity contribution is -0.160. The SMILES string of the molecule is CCCCCCCCCCCCCCCC(=O)OC[C@H](CCC(=O)[C@@H](COP(=O)(O)OCCNC(=O)[C@@H](NC(=O)Cc1c[nH]c2ccc(C)cc12)[C@@H](C)CC)NC(C)=O)OC(=O)CCCCCCCCCCCCCCC. The van der Waals surface area contributed by atoms with Gasteiger partial charge in [0.2, 0.25) is 17.7 Å². The Labute approximate surface area is 463 Å². The van der Waals surface area contributed by atoms with E-state index in [1.165, 1.54) is 122 Å². The Morgan fingerprint density at radius 2 is 1.18 bits per heavy atom. The van der Waals surface area contributed by atoms with Gasteiger partial charge in [-0.25, -0.2) is 4.57 Å². The number of esters is 2. The van der Waals surface area contributed by atoms with Crippen LogP contribution in [0.4, 0.5) is 0 Å². The summed E-state index contributed by atoms with van der Waals surface area (Å²) in [5.74, 6) is -3.08. The largest absolute Gasteiger partial charge is 0.472 e. The monoisotopic (exact) mass is 1100 g/mol. The van der Waals surface area contributed by atoms with E-state index in [1.807, 2.05) is 39.0 Å². The third-order valence-corrected chi connectivity index (χ3v) is 15.3. The molecule has 0 aliphatic heterocycles. The van der Waals surface area contributed by atoms with E-state index in [2.05, 4.69) is 34.8 Å². The van der Waals surface area contributed by atoms with Crippen LogP contribution in [0.5, 0.6) is 0 Å². The number of phosphoric ester groups is 1. The molecule has 2 rings (SSSR count). The molecule has 0 bridgehead atoms. The van der Waals surface area contributed by atoms with Crippen molar-refractivity contribution in [3.05, 3.63) is 35.5 Å². The molecule has 0 radical (unpaired) electrons. The molecule has 0 saturated carbocycles. The highest BCUT2D eigenvalue weighted by Crippen LogP contribution is 2.43. The molecule has 0 spiro atoms. The summed E-state index contributed by atoms with van der Waals surface area (Å²) < 4.78 is 34.6. The zero-order chi connectivity index (χ0) is 56.5. The van der Waals surface area contributed by atoms with Crippen LogP contribution in [0.3, 0.4) is 0 Å². The van der Waals surface area contributed by atoms with E-state index in [0.717, 1.165) is 60.6 Å². The number of amides is 3. The van der Waals surface area contributed by atoms with E-state index < -0.39 is 68.8 Å². The topological polar surface area (TPSA) is 229 Å². The number of unbranched alkanes of at least 4 members (excludes halogenated alkanes) is 24. The number of aryl methyl sites for hydroxylation is 1. The Bertz CT molecular complexity index is 2010. The van der Waals surface area contributed by atoms with Crippen LogP contribution in [0, 0.1) is 12.8 Å². The second-order valence-corrected chi connectivity index (χ2v) is 22.9. The van der Waals surface area contributed by atoms with Gasteiger partial charge in [0, 0.05) is 49.8 Å². The molecule has 16 nitrogen and oxygen atoms in total. The fourth-order valence-corrected chi connectivity index (χ4v) is 10.1. The number of carbonyl (C=O) groups excluding carboxylic acids is 6. The Hall–Kier alpha value is -4.11. The predicted octanol–water partition coefficient (Wildman–Crippen LogP) is 13.1. The van der Waals surface area contributed by atoms with Crippen LogP contribution in [0.15, 0.2) is 24.4 Å². The van der Waals surface area contributed by atoms with Gasteiger partial charge in [-0.15, -0.1) is 0 Å². The quantitative estimate of drug-likeness (QED) is 0.0237. The normalized spacial score (nSPS) is 13.8. The number of aromatic amines is 1. The van der Waals surface area contributed by atoms with Crippen molar-refractivity contribution in [2.45, 2.75) is 265 Å². The summed E-state index contributed by atoms with van der Waals surface area (Å²) in [4.78, 5) is 91.8. The summed E-state index contributed by atoms with van der Waals surface area (Å²) in [6.45, 7) is 9.77. The van der Waals surface area contributed by atoms with Gasteiger partial charge in [0.1, 0.15) is 24.8 Å². The third kappa shape index (κ3) is 33.8. The number of fused-ring (bicyclic) bond motifs is 1. The molecule has 77 heavy (non-hydrogen) atoms. The van der Waals surface area contributed by atoms with E-state index in [4.69, 9.17) is 18.5 Å². The molecule has 3 amide bonds. The van der Waals surface area contributed by atoms with Crippen molar-refractivity contribution in [2.24, 2.45) is 5.92 Å². The summed E-state index contributed by atoms with van der Waals surface area (Å²) >= 11 is 0. The molecule has 0 aliphatic carbocycles. The summed E-state index contributed by atoms with van der Waals surface area (Å²) in [6.07, 6.45) is 32.3. The first-order chi connectivity index (χ1) is 37.1. The number of carbonyl (C=O) groups is 6. The minimum Gasteiger partial charge on any atom is -0.462 e. The van der Waals surface area contributed by atoms with E-state index in [1.54, 1.807) is 6.20 Å². The van der Waals surface area contributed by atoms with Gasteiger partial charge in [-0.2, -0.15) is 0 Å². The summed E-state index contributed by atoms with van der Waals surface area (Å²) in [5.41, 5.74) is 2.76. The van der Waals surface area contributed by atoms with Crippen molar-refractivity contribution < 1.29 is 56.7 Å². The fraction of sp³-hybridized carbons (Fsp3) is 0.767. The molecule has 0 aliphatic rings. The van der Waals surface area contributed by atoms with Crippen LogP contribution >= 0.6 is 7.82 Å². The van der Waals surface area contributed by atoms with E-state index in [9.17, 15) is 38.2 Å². The standard InChI is InChI=1S/C60H103N4O12P/c1-7-10-12-14-16-18-20-22-24-26-28-30-32-34-57(68)73-45-51(76-58(69)35-33-31-29-27-25-23-21-19-17-15-13-11-8-2)37-39-55(66)54(63-49(6)65)46-75-77(71,72)74-41-40-61-60(70)59(48(5)9-3)64-56(67)43-50-44-62-53-38-36-47(4)42-52(50)53/h36,38,42,44,48,51,54,59,62H,7-35,37,39-41,43,45-46H2,1-6H3,(H,61,70)(H,63,65)(H,64,67)(H,71,72)/t48-,51-,54+,59-/m0/s1. The number of rotatable bonds is 49. The maximum atomic E-state index is 13.6. The van der Waals surface area contributed by atoms with E-state index in [0.29, 0.717) is 19.3 Å². The van der Waals surface area contributed by atoms with Crippen molar-refractivity contribution >= 4 is 54.2 Å². The minimum absolute atomic E-state index is 0.0287. The third-order valence-electron chi connectivity index (χ3n) is 14.3. The molecule has 5 atom stereocenters. The highest BCUT2D eigenvalue weighted by molar-refractivity contribution is 7.47. The number of hydrogen-bond donors (Lipinski definition) is 5. The van der Waals surface area contributed by atoms with Crippen molar-refractivity contribution in [2.75, 3.05) is 26.4 Å². The van der Waals surface area contributed by atoms with Crippen molar-refractivity contribution in [1.29, 1.82) is 0 Å². The van der Waals surface area contributed by atoms with E-state index in [-0.39, 0.29) is 57.1 Å². The van der Waals surface area contributed by atoms with Gasteiger partial charge in [-0.05, 0) is 49.8 Å². The second-order valence-electron chi connectivity index (χ2n) is 21.4. The molecule has 1 unspecified atom stereocenters. The highest BCUT2D eigenvalue weighted by Gasteiger charge is 2.30. The average Bonchev–Trinajstić information content (AvgIpc) is 3.79. The Kier molecular flexibility index (Phi) is 38.3. The molecular formula is C60H103N4O12P. The summed E-state index contributed by atoms with van der Waals surface area (Å²) in [6, 6.07) is 3.68. The van der Waals surface area contributed by atoms with Gasteiger partial charge < -0.3 is 35.3 Å². The molecule has 1 aromatic carbocycles. The molecule has 5 N–H and O–H groups in total. The number of phosphoric acid groups is 1. The first kappa shape index (κ1) is 69.0. The van der Waals surface area contributed by atoms with Gasteiger partial charge in [0.25, 0.3) is 0 Å². The smallest absolute Gasteiger partial charge is 0.462 e. The highest BCUT2D eigenvalue weighted by atomic mass is 31.2. The molecule has 0 fully saturated rings. The van der Waals surface area contributed by atoms with Crippen LogP contribution < -0.4 is 16.0 Å². The summed E-state index contributed by atoms with van der Waals surface area (Å²) in [7, 11) is -4.81. The van der Waals surface area contributed by atoms with Crippen molar-refractivity contribution in [3.8, 4) is 0 Å². The first-order valence-corrected chi connectivity index (χ1v) is 31.5. The van der Waals surface area contributed by atoms with Crippen LogP contribution in [0.1, 0.15) is 245 Å². The minimum atomic E-state index is -4.81. The van der Waals surface area contributed by atoms with Crippen LogP contribution in [-0.2, 0) is 58.3 Å². The van der Waals surface area contributed by atoms with Crippen LogP contribution in [0.25, 0.3) is 10.9 Å². The lowest BCUT2D eigenvalue weighted by Crippen LogP contribution is -2.51. The molecule has 2 aromatic rings. The maximum Gasteiger partial charge on any atom is 0.472 e. The number of H-pyrrole nitrogens is 1. The lowest BCUT2D eigenvalue weighted by atomic mass is 9.97. The molecule has 1 aromatic heterocycles. The number of Topliss-reactive ketones (excluding diaryl/α,β-unsaturated/α-hetero) is 1. The number of ether oxygens (including phenoxy) is 2. The maximum absolute atomic E-state index is 13.6. The van der Waals surface area contributed by atoms with Crippen LogP contribution in [-0.4, -0.2) is 89.9 Å². The van der Waals surface area contributed by atoms with Crippen LogP contribution in [0.2, 0.25) is 0 Å². The number of aromatic nitrogens is 1. The zero-order valence-corrected chi connectivity index (χ0v) is 49.4. The molecule has 17 heteroatoms. The number of nitrogens with one attached hydrogen (secondary N) is 4. The Balaban J connectivity index is 1.88. The van der Waals surface area contributed by atoms with Gasteiger partial charge in [-0.1, -0.05) is 200 Å².